The quantitative estimate of drug-likeness (QED) is 0.677. The minimum Gasteiger partial charge on any atom is -0.383 e. The Bertz CT molecular complexity index is 983. The molecule has 4 rings (SSSR count). The van der Waals surface area contributed by atoms with Gasteiger partial charge in [0.25, 0.3) is 0 Å². The highest BCUT2D eigenvalue weighted by Gasteiger charge is 2.25. The Labute approximate surface area is 172 Å². The fraction of sp³-hybridized carbons (Fsp3) is 0.591. The molecular formula is C22H32N6O. The van der Waals surface area contributed by atoms with E-state index in [4.69, 9.17) is 9.84 Å². The molecule has 1 saturated carbocycles. The summed E-state index contributed by atoms with van der Waals surface area (Å²) in [6.45, 7) is 7.10. The van der Waals surface area contributed by atoms with Crippen LogP contribution in [0.4, 0.5) is 5.95 Å². The van der Waals surface area contributed by atoms with E-state index >= 15 is 0 Å². The summed E-state index contributed by atoms with van der Waals surface area (Å²) in [7, 11) is 3.67. The molecule has 0 amide bonds. The van der Waals surface area contributed by atoms with Crippen molar-refractivity contribution in [2.24, 2.45) is 13.0 Å². The standard InChI is InChI=1S/C22H32N6O/c1-14-6-8-17(9-7-14)20-10-18(19-12-27(4)25-16(19)3)21-11-23-22(26-28(20)21)24-15(2)13-29-5/h10-12,14-15,17H,6-9,13H2,1-5H3,(H,24,26)/t14?,15-,17?/m0/s1. The van der Waals surface area contributed by atoms with Crippen molar-refractivity contribution in [1.29, 1.82) is 0 Å². The van der Waals surface area contributed by atoms with Crippen LogP contribution in [0.3, 0.4) is 0 Å². The van der Waals surface area contributed by atoms with Gasteiger partial charge in [0.15, 0.2) is 0 Å². The summed E-state index contributed by atoms with van der Waals surface area (Å²) >= 11 is 0. The fourth-order valence-electron chi connectivity index (χ4n) is 4.52. The lowest BCUT2D eigenvalue weighted by atomic mass is 9.81. The van der Waals surface area contributed by atoms with E-state index in [1.807, 2.05) is 17.9 Å². The minimum atomic E-state index is 0.145. The Morgan fingerprint density at radius 1 is 1.21 bits per heavy atom. The van der Waals surface area contributed by atoms with Crippen molar-refractivity contribution >= 4 is 11.5 Å². The third kappa shape index (κ3) is 4.01. The molecule has 1 aliphatic carbocycles. The highest BCUT2D eigenvalue weighted by molar-refractivity contribution is 5.82. The van der Waals surface area contributed by atoms with E-state index in [9.17, 15) is 0 Å². The van der Waals surface area contributed by atoms with Gasteiger partial charge < -0.3 is 10.1 Å². The predicted octanol–water partition coefficient (Wildman–Crippen LogP) is 4.18. The first-order valence-corrected chi connectivity index (χ1v) is 10.6. The topological polar surface area (TPSA) is 69.3 Å². The Morgan fingerprint density at radius 2 is 1.97 bits per heavy atom. The van der Waals surface area contributed by atoms with Crippen LogP contribution in [0.2, 0.25) is 0 Å². The fourth-order valence-corrected chi connectivity index (χ4v) is 4.52. The van der Waals surface area contributed by atoms with E-state index in [1.165, 1.54) is 36.9 Å². The Balaban J connectivity index is 1.79. The lowest BCUT2D eigenvalue weighted by Crippen LogP contribution is -2.23. The number of aromatic nitrogens is 5. The molecule has 29 heavy (non-hydrogen) atoms. The highest BCUT2D eigenvalue weighted by atomic mass is 16.5. The van der Waals surface area contributed by atoms with Gasteiger partial charge in [-0.3, -0.25) is 4.68 Å². The molecule has 0 bridgehead atoms. The smallest absolute Gasteiger partial charge is 0.241 e. The zero-order valence-electron chi connectivity index (χ0n) is 18.1. The Morgan fingerprint density at radius 3 is 2.62 bits per heavy atom. The van der Waals surface area contributed by atoms with Crippen molar-refractivity contribution in [3.8, 4) is 11.1 Å². The van der Waals surface area contributed by atoms with Gasteiger partial charge in [0.1, 0.15) is 0 Å². The first-order valence-electron chi connectivity index (χ1n) is 10.6. The van der Waals surface area contributed by atoms with Crippen molar-refractivity contribution in [2.45, 2.75) is 58.4 Å². The summed E-state index contributed by atoms with van der Waals surface area (Å²) < 4.78 is 9.22. The normalized spacial score (nSPS) is 20.9. The molecule has 7 nitrogen and oxygen atoms in total. The van der Waals surface area contributed by atoms with Crippen LogP contribution in [-0.4, -0.2) is 44.1 Å². The maximum Gasteiger partial charge on any atom is 0.241 e. The van der Waals surface area contributed by atoms with Gasteiger partial charge in [-0.25, -0.2) is 9.50 Å². The number of fused-ring (bicyclic) bond motifs is 1. The summed E-state index contributed by atoms with van der Waals surface area (Å²) in [4.78, 5) is 4.60. The van der Waals surface area contributed by atoms with Crippen LogP contribution in [0.25, 0.3) is 16.6 Å². The largest absolute Gasteiger partial charge is 0.383 e. The molecule has 1 atom stereocenters. The Kier molecular flexibility index (Phi) is 5.58. The summed E-state index contributed by atoms with van der Waals surface area (Å²) in [6, 6.07) is 2.46. The first kappa shape index (κ1) is 19.9. The van der Waals surface area contributed by atoms with E-state index in [0.717, 1.165) is 22.7 Å². The number of ether oxygens (including phenoxy) is 1. The summed E-state index contributed by atoms with van der Waals surface area (Å²) in [6.07, 6.45) is 9.01. The maximum atomic E-state index is 5.24. The molecule has 3 heterocycles. The molecule has 1 aliphatic rings. The van der Waals surface area contributed by atoms with Crippen molar-refractivity contribution in [3.63, 3.8) is 0 Å². The molecule has 3 aromatic rings. The van der Waals surface area contributed by atoms with Gasteiger partial charge in [-0.2, -0.15) is 5.10 Å². The second-order valence-corrected chi connectivity index (χ2v) is 8.62. The van der Waals surface area contributed by atoms with Crippen molar-refractivity contribution < 1.29 is 4.74 Å². The molecule has 0 aromatic carbocycles. The summed E-state index contributed by atoms with van der Waals surface area (Å²) in [5.74, 6) is 1.99. The lowest BCUT2D eigenvalue weighted by molar-refractivity contribution is 0.190. The minimum absolute atomic E-state index is 0.145. The van der Waals surface area contributed by atoms with E-state index in [1.54, 1.807) is 7.11 Å². The third-order valence-corrected chi connectivity index (χ3v) is 6.07. The van der Waals surface area contributed by atoms with E-state index in [-0.39, 0.29) is 6.04 Å². The van der Waals surface area contributed by atoms with Crippen LogP contribution in [0.15, 0.2) is 18.5 Å². The van der Waals surface area contributed by atoms with Crippen LogP contribution in [0.5, 0.6) is 0 Å². The molecule has 0 saturated heterocycles. The molecular weight excluding hydrogens is 364 g/mol. The molecule has 7 heteroatoms. The summed E-state index contributed by atoms with van der Waals surface area (Å²) in [5.41, 5.74) is 5.67. The van der Waals surface area contributed by atoms with Gasteiger partial charge in [0, 0.05) is 49.1 Å². The van der Waals surface area contributed by atoms with Crippen LogP contribution in [-0.2, 0) is 11.8 Å². The second-order valence-electron chi connectivity index (χ2n) is 8.62. The molecule has 1 fully saturated rings. The van der Waals surface area contributed by atoms with Gasteiger partial charge in [0.05, 0.1) is 24.0 Å². The molecule has 1 N–H and O–H groups in total. The third-order valence-electron chi connectivity index (χ3n) is 6.07. The molecule has 0 unspecified atom stereocenters. The maximum absolute atomic E-state index is 5.24. The van der Waals surface area contributed by atoms with Gasteiger partial charge in [0.2, 0.25) is 5.95 Å². The molecule has 0 radical (unpaired) electrons. The molecule has 156 valence electrons. The number of hydrogen-bond donors (Lipinski definition) is 1. The monoisotopic (exact) mass is 396 g/mol. The number of nitrogens with zero attached hydrogens (tertiary/aromatic N) is 5. The average Bonchev–Trinajstić information content (AvgIpc) is 3.21. The van der Waals surface area contributed by atoms with Crippen molar-refractivity contribution in [2.75, 3.05) is 19.0 Å². The summed E-state index contributed by atoms with van der Waals surface area (Å²) in [5, 5.41) is 12.8. The zero-order valence-corrected chi connectivity index (χ0v) is 18.1. The van der Waals surface area contributed by atoms with Gasteiger partial charge in [-0.1, -0.05) is 19.8 Å². The van der Waals surface area contributed by atoms with Crippen molar-refractivity contribution in [3.05, 3.63) is 29.8 Å². The highest BCUT2D eigenvalue weighted by Crippen LogP contribution is 2.39. The van der Waals surface area contributed by atoms with Crippen LogP contribution >= 0.6 is 0 Å². The van der Waals surface area contributed by atoms with Gasteiger partial charge >= 0.3 is 0 Å². The van der Waals surface area contributed by atoms with Crippen LogP contribution < -0.4 is 5.32 Å². The zero-order chi connectivity index (χ0) is 20.5. The lowest BCUT2D eigenvalue weighted by Gasteiger charge is -2.25. The van der Waals surface area contributed by atoms with Crippen molar-refractivity contribution in [1.82, 2.24) is 24.4 Å². The number of aryl methyl sites for hydroxylation is 2. The number of anilines is 1. The van der Waals surface area contributed by atoms with Crippen LogP contribution in [0.1, 0.15) is 56.8 Å². The predicted molar refractivity (Wildman–Crippen MR) is 115 cm³/mol. The van der Waals surface area contributed by atoms with E-state index < -0.39 is 0 Å². The van der Waals surface area contributed by atoms with Gasteiger partial charge in [-0.05, 0) is 38.7 Å². The van der Waals surface area contributed by atoms with Crippen LogP contribution in [0, 0.1) is 12.8 Å². The number of hydrogen-bond acceptors (Lipinski definition) is 5. The number of rotatable bonds is 6. The number of nitrogens with one attached hydrogen (secondary N) is 1. The first-order chi connectivity index (χ1) is 14.0. The van der Waals surface area contributed by atoms with Gasteiger partial charge in [-0.15, -0.1) is 5.10 Å². The Hall–Kier alpha value is -2.41. The van der Waals surface area contributed by atoms with E-state index in [2.05, 4.69) is 52.9 Å². The number of methoxy groups -OCH3 is 1. The average molecular weight is 397 g/mol. The molecule has 0 spiro atoms. The van der Waals surface area contributed by atoms with E-state index in [0.29, 0.717) is 18.5 Å². The SMILES string of the molecule is COC[C@H](C)Nc1ncc2c(-c3cn(C)nc3C)cc(C3CCC(C)CC3)n2n1. The second kappa shape index (κ2) is 8.14. The molecule has 3 aromatic heterocycles. The molecule has 0 aliphatic heterocycles.